The Balaban J connectivity index is 1.49. The summed E-state index contributed by atoms with van der Waals surface area (Å²) in [7, 11) is 4.59. The maximum Gasteiger partial charge on any atom is 0.251 e. The van der Waals surface area contributed by atoms with Crippen LogP contribution in [0.4, 0.5) is 11.8 Å². The first-order chi connectivity index (χ1) is 19.5. The van der Waals surface area contributed by atoms with E-state index >= 15 is 0 Å². The fourth-order valence-corrected chi connectivity index (χ4v) is 5.45. The van der Waals surface area contributed by atoms with Crippen LogP contribution in [0.15, 0.2) is 30.3 Å². The fourth-order valence-electron chi connectivity index (χ4n) is 5.45. The molecule has 2 aliphatic heterocycles. The van der Waals surface area contributed by atoms with Crippen molar-refractivity contribution in [2.45, 2.75) is 31.8 Å². The molecule has 11 nitrogen and oxygen atoms in total. The number of Topliss-reactive ketones (excluding diaryl/α,β-unsaturated/α-hetero) is 1. The van der Waals surface area contributed by atoms with Gasteiger partial charge in [0.25, 0.3) is 5.91 Å². The van der Waals surface area contributed by atoms with E-state index in [1.807, 2.05) is 28.0 Å². The number of nitrogens with two attached hydrogens (primary N) is 1. The van der Waals surface area contributed by atoms with Crippen molar-refractivity contribution in [3.8, 4) is 17.2 Å². The van der Waals surface area contributed by atoms with E-state index in [4.69, 9.17) is 29.7 Å². The molecule has 40 heavy (non-hydrogen) atoms. The molecule has 11 heteroatoms. The Labute approximate surface area is 233 Å². The number of nitrogens with zero attached hydrogens (tertiary/aromatic N) is 4. The zero-order valence-corrected chi connectivity index (χ0v) is 23.1. The Hall–Kier alpha value is -4.12. The summed E-state index contributed by atoms with van der Waals surface area (Å²) in [6.45, 7) is 2.81. The molecule has 1 aromatic heterocycles. The topological polar surface area (TPSA) is 129 Å². The van der Waals surface area contributed by atoms with Crippen LogP contribution >= 0.6 is 0 Å². The third-order valence-corrected chi connectivity index (χ3v) is 7.51. The number of rotatable bonds is 9. The van der Waals surface area contributed by atoms with Gasteiger partial charge in [-0.05, 0) is 19.3 Å². The number of aryl methyl sites for hydroxylation is 1. The van der Waals surface area contributed by atoms with E-state index in [1.54, 1.807) is 19.2 Å². The molecule has 5 rings (SSSR count). The van der Waals surface area contributed by atoms with Gasteiger partial charge in [-0.15, -0.1) is 0 Å². The molecule has 1 amide bonds. The minimum absolute atomic E-state index is 0.000120. The zero-order chi connectivity index (χ0) is 28.2. The molecular weight excluding hydrogens is 514 g/mol. The number of aromatic nitrogens is 2. The van der Waals surface area contributed by atoms with Crippen LogP contribution in [0.25, 0.3) is 10.9 Å². The molecule has 2 N–H and O–H groups in total. The largest absolute Gasteiger partial charge is 0.492 e. The minimum atomic E-state index is -0.338. The van der Waals surface area contributed by atoms with Crippen molar-refractivity contribution in [1.29, 1.82) is 0 Å². The maximum atomic E-state index is 13.0. The summed E-state index contributed by atoms with van der Waals surface area (Å²) in [5.41, 5.74) is 8.38. The number of amides is 1. The number of hydrogen-bond donors (Lipinski definition) is 1. The average molecular weight is 550 g/mol. The molecule has 2 fully saturated rings. The van der Waals surface area contributed by atoms with E-state index in [-0.39, 0.29) is 30.0 Å². The molecule has 0 saturated carbocycles. The number of methoxy groups -OCH3 is 3. The highest BCUT2D eigenvalue weighted by atomic mass is 16.5. The van der Waals surface area contributed by atoms with Crippen LogP contribution in [0.5, 0.6) is 17.2 Å². The molecule has 0 spiro atoms. The summed E-state index contributed by atoms with van der Waals surface area (Å²) in [4.78, 5) is 39.2. The Morgan fingerprint density at radius 3 is 2.30 bits per heavy atom. The van der Waals surface area contributed by atoms with E-state index in [0.717, 1.165) is 12.8 Å². The summed E-state index contributed by atoms with van der Waals surface area (Å²) in [6.07, 6.45) is 1.92. The third-order valence-electron chi connectivity index (χ3n) is 7.51. The minimum Gasteiger partial charge on any atom is -0.492 e. The molecule has 0 bridgehead atoms. The van der Waals surface area contributed by atoms with Gasteiger partial charge in [0.1, 0.15) is 11.9 Å². The lowest BCUT2D eigenvalue weighted by Crippen LogP contribution is -2.51. The fraction of sp³-hybridized carbons (Fsp3) is 0.448. The SMILES string of the molecule is COc1c(OC)c(OC)c2c(N)nc(N3CCN(C(=O)C4CCCO4)CC3)nc2c1CCC(=O)c1ccccc1. The van der Waals surface area contributed by atoms with E-state index in [2.05, 4.69) is 4.98 Å². The van der Waals surface area contributed by atoms with Crippen molar-refractivity contribution in [2.75, 3.05) is 64.7 Å². The number of carbonyl (C=O) groups excluding carboxylic acids is 2. The molecule has 1 atom stereocenters. The highest BCUT2D eigenvalue weighted by molar-refractivity contribution is 6.01. The number of benzene rings is 2. The van der Waals surface area contributed by atoms with E-state index in [0.29, 0.717) is 84.4 Å². The number of hydrogen-bond acceptors (Lipinski definition) is 10. The van der Waals surface area contributed by atoms with E-state index in [1.165, 1.54) is 14.2 Å². The van der Waals surface area contributed by atoms with Crippen LogP contribution in [-0.4, -0.2) is 86.8 Å². The summed E-state index contributed by atoms with van der Waals surface area (Å²) in [6, 6.07) is 9.16. The lowest BCUT2D eigenvalue weighted by atomic mass is 9.98. The second-order valence-corrected chi connectivity index (χ2v) is 9.81. The molecule has 2 aliphatic rings. The molecule has 3 aromatic rings. The molecular formula is C29H35N5O6. The van der Waals surface area contributed by atoms with Crippen LogP contribution in [-0.2, 0) is 16.0 Å². The van der Waals surface area contributed by atoms with Crippen LogP contribution in [0, 0.1) is 0 Å². The van der Waals surface area contributed by atoms with E-state index in [9.17, 15) is 9.59 Å². The molecule has 0 radical (unpaired) electrons. The van der Waals surface area contributed by atoms with Gasteiger partial charge in [0.15, 0.2) is 17.3 Å². The predicted molar refractivity (Wildman–Crippen MR) is 150 cm³/mol. The van der Waals surface area contributed by atoms with Gasteiger partial charge < -0.3 is 34.5 Å². The van der Waals surface area contributed by atoms with Crippen molar-refractivity contribution < 1.29 is 28.5 Å². The molecule has 212 valence electrons. The summed E-state index contributed by atoms with van der Waals surface area (Å²) >= 11 is 0. The molecule has 1 unspecified atom stereocenters. The van der Waals surface area contributed by atoms with Crippen molar-refractivity contribution in [3.63, 3.8) is 0 Å². The Bertz CT molecular complexity index is 1390. The highest BCUT2D eigenvalue weighted by Gasteiger charge is 2.32. The number of ketones is 1. The van der Waals surface area contributed by atoms with E-state index < -0.39 is 0 Å². The van der Waals surface area contributed by atoms with Gasteiger partial charge >= 0.3 is 0 Å². The molecule has 2 saturated heterocycles. The van der Waals surface area contributed by atoms with Gasteiger partial charge in [0.05, 0.1) is 32.2 Å². The highest BCUT2D eigenvalue weighted by Crippen LogP contribution is 2.48. The van der Waals surface area contributed by atoms with Gasteiger partial charge in [-0.3, -0.25) is 9.59 Å². The number of piperazine rings is 1. The Morgan fingerprint density at radius 1 is 0.975 bits per heavy atom. The predicted octanol–water partition coefficient (Wildman–Crippen LogP) is 2.88. The van der Waals surface area contributed by atoms with Gasteiger partial charge in [0.2, 0.25) is 11.7 Å². The number of ether oxygens (including phenoxy) is 4. The van der Waals surface area contributed by atoms with Crippen molar-refractivity contribution in [3.05, 3.63) is 41.5 Å². The lowest BCUT2D eigenvalue weighted by Gasteiger charge is -2.36. The first kappa shape index (κ1) is 27.4. The van der Waals surface area contributed by atoms with Crippen molar-refractivity contribution in [1.82, 2.24) is 14.9 Å². The first-order valence-corrected chi connectivity index (χ1v) is 13.5. The van der Waals surface area contributed by atoms with Crippen LogP contribution in [0.3, 0.4) is 0 Å². The number of carbonyl (C=O) groups is 2. The van der Waals surface area contributed by atoms with Gasteiger partial charge in [-0.2, -0.15) is 4.98 Å². The maximum absolute atomic E-state index is 13.0. The number of fused-ring (bicyclic) bond motifs is 1. The number of nitrogen functional groups attached to an aromatic ring is 1. The van der Waals surface area contributed by atoms with Crippen molar-refractivity contribution >= 4 is 34.4 Å². The van der Waals surface area contributed by atoms with Crippen LogP contribution in [0.2, 0.25) is 0 Å². The second kappa shape index (κ2) is 12.0. The monoisotopic (exact) mass is 549 g/mol. The van der Waals surface area contributed by atoms with Crippen LogP contribution < -0.4 is 24.8 Å². The second-order valence-electron chi connectivity index (χ2n) is 9.81. The Kier molecular flexibility index (Phi) is 8.20. The van der Waals surface area contributed by atoms with Crippen LogP contribution in [0.1, 0.15) is 35.2 Å². The van der Waals surface area contributed by atoms with Gasteiger partial charge in [-0.25, -0.2) is 4.98 Å². The normalized spacial score (nSPS) is 17.2. The molecule has 3 heterocycles. The molecule has 2 aromatic carbocycles. The summed E-state index contributed by atoms with van der Waals surface area (Å²) in [5.74, 6) is 1.88. The lowest BCUT2D eigenvalue weighted by molar-refractivity contribution is -0.141. The average Bonchev–Trinajstić information content (AvgIpc) is 3.54. The smallest absolute Gasteiger partial charge is 0.251 e. The number of anilines is 2. The summed E-state index contributed by atoms with van der Waals surface area (Å²) < 4.78 is 22.7. The third kappa shape index (κ3) is 5.21. The standard InChI is InChI=1S/C29H35N5O6/c1-37-24-19(11-12-20(35)18-8-5-4-6-9-18)23-22(25(38-2)26(24)39-3)27(30)32-29(31-23)34-15-13-33(14-16-34)28(36)21-10-7-17-40-21/h4-6,8-9,21H,7,10-17H2,1-3H3,(H2,30,31,32). The zero-order valence-electron chi connectivity index (χ0n) is 23.1. The quantitative estimate of drug-likeness (QED) is 0.398. The molecule has 0 aliphatic carbocycles. The van der Waals surface area contributed by atoms with Crippen molar-refractivity contribution in [2.24, 2.45) is 0 Å². The van der Waals surface area contributed by atoms with Gasteiger partial charge in [-0.1, -0.05) is 30.3 Å². The summed E-state index contributed by atoms with van der Waals surface area (Å²) in [5, 5.41) is 0.498. The Morgan fingerprint density at radius 2 is 1.68 bits per heavy atom. The van der Waals surface area contributed by atoms with Gasteiger partial charge in [0, 0.05) is 50.3 Å². The first-order valence-electron chi connectivity index (χ1n) is 13.5.